The Morgan fingerprint density at radius 1 is 1.21 bits per heavy atom. The Hall–Kier alpha value is -0.470. The summed E-state index contributed by atoms with van der Waals surface area (Å²) >= 11 is 1.93. The van der Waals surface area contributed by atoms with Crippen molar-refractivity contribution in [3.63, 3.8) is 0 Å². The van der Waals surface area contributed by atoms with Crippen molar-refractivity contribution in [3.8, 4) is 0 Å². The minimum absolute atomic E-state index is 0.292. The molecule has 1 nitrogen and oxygen atoms in total. The van der Waals surface area contributed by atoms with Crippen LogP contribution >= 0.6 is 11.8 Å². The summed E-state index contributed by atoms with van der Waals surface area (Å²) in [5.41, 5.74) is 5.52. The molecule has 1 rings (SSSR count). The summed E-state index contributed by atoms with van der Waals surface area (Å²) in [7, 11) is 0. The Balaban J connectivity index is 2.50. The molecule has 0 saturated heterocycles. The third kappa shape index (κ3) is 4.16. The second kappa shape index (κ2) is 5.42. The lowest BCUT2D eigenvalue weighted by molar-refractivity contribution is 0.607. The van der Waals surface area contributed by atoms with Crippen molar-refractivity contribution in [3.05, 3.63) is 30.3 Å². The molecule has 0 bridgehead atoms. The lowest BCUT2D eigenvalue weighted by Gasteiger charge is -2.23. The molecule has 0 amide bonds. The molecule has 0 fully saturated rings. The van der Waals surface area contributed by atoms with Crippen molar-refractivity contribution in [2.45, 2.75) is 36.3 Å². The second-order valence-corrected chi connectivity index (χ2v) is 5.85. The Kier molecular flexibility index (Phi) is 4.49. The van der Waals surface area contributed by atoms with Crippen LogP contribution in [0.5, 0.6) is 0 Å². The van der Waals surface area contributed by atoms with Crippen LogP contribution in [0.3, 0.4) is 0 Å². The summed E-state index contributed by atoms with van der Waals surface area (Å²) < 4.78 is 0.292. The SMILES string of the molecule is CC(C)(CCCN)Sc1ccccc1. The molecule has 0 aliphatic carbocycles. The summed E-state index contributed by atoms with van der Waals surface area (Å²) in [5, 5.41) is 0. The van der Waals surface area contributed by atoms with E-state index in [9.17, 15) is 0 Å². The smallest absolute Gasteiger partial charge is 0.0151 e. The molecule has 0 spiro atoms. The minimum atomic E-state index is 0.292. The monoisotopic (exact) mass is 209 g/mol. The number of rotatable bonds is 5. The van der Waals surface area contributed by atoms with E-state index < -0.39 is 0 Å². The van der Waals surface area contributed by atoms with Gasteiger partial charge >= 0.3 is 0 Å². The third-order valence-corrected chi connectivity index (χ3v) is 3.38. The molecule has 0 aromatic heterocycles. The van der Waals surface area contributed by atoms with E-state index in [4.69, 9.17) is 5.73 Å². The second-order valence-electron chi connectivity index (χ2n) is 4.07. The van der Waals surface area contributed by atoms with Crippen molar-refractivity contribution in [1.82, 2.24) is 0 Å². The van der Waals surface area contributed by atoms with Gasteiger partial charge in [0.05, 0.1) is 0 Å². The molecule has 14 heavy (non-hydrogen) atoms. The number of hydrogen-bond donors (Lipinski definition) is 1. The summed E-state index contributed by atoms with van der Waals surface area (Å²) in [6, 6.07) is 10.5. The number of thioether (sulfide) groups is 1. The number of nitrogens with two attached hydrogens (primary N) is 1. The van der Waals surface area contributed by atoms with E-state index >= 15 is 0 Å². The fraction of sp³-hybridized carbons (Fsp3) is 0.500. The van der Waals surface area contributed by atoms with Crippen molar-refractivity contribution >= 4 is 11.8 Å². The van der Waals surface area contributed by atoms with E-state index in [-0.39, 0.29) is 0 Å². The van der Waals surface area contributed by atoms with Crippen LogP contribution in [0.2, 0.25) is 0 Å². The maximum atomic E-state index is 5.52. The molecule has 0 unspecified atom stereocenters. The zero-order chi connectivity index (χ0) is 10.4. The van der Waals surface area contributed by atoms with Crippen molar-refractivity contribution in [1.29, 1.82) is 0 Å². The molecule has 78 valence electrons. The van der Waals surface area contributed by atoms with E-state index in [2.05, 4.69) is 44.2 Å². The van der Waals surface area contributed by atoms with Crippen LogP contribution in [0, 0.1) is 0 Å². The lowest BCUT2D eigenvalue weighted by atomic mass is 10.1. The highest BCUT2D eigenvalue weighted by molar-refractivity contribution is 8.00. The van der Waals surface area contributed by atoms with Crippen LogP contribution in [0.25, 0.3) is 0 Å². The largest absolute Gasteiger partial charge is 0.330 e. The summed E-state index contributed by atoms with van der Waals surface area (Å²) in [4.78, 5) is 1.34. The first kappa shape index (κ1) is 11.6. The lowest BCUT2D eigenvalue weighted by Crippen LogP contribution is -2.16. The van der Waals surface area contributed by atoms with Crippen LogP contribution in [0.4, 0.5) is 0 Å². The van der Waals surface area contributed by atoms with Crippen LogP contribution in [0.15, 0.2) is 35.2 Å². The molecule has 0 aliphatic rings. The average Bonchev–Trinajstić information content (AvgIpc) is 2.16. The fourth-order valence-corrected chi connectivity index (χ4v) is 2.56. The van der Waals surface area contributed by atoms with Gasteiger partial charge in [0.25, 0.3) is 0 Å². The molecule has 0 saturated carbocycles. The zero-order valence-electron chi connectivity index (χ0n) is 8.99. The van der Waals surface area contributed by atoms with Gasteiger partial charge in [-0.15, -0.1) is 11.8 Å². The van der Waals surface area contributed by atoms with E-state index in [1.54, 1.807) is 0 Å². The fourth-order valence-electron chi connectivity index (χ4n) is 1.39. The molecular weight excluding hydrogens is 190 g/mol. The van der Waals surface area contributed by atoms with E-state index in [1.807, 2.05) is 11.8 Å². The van der Waals surface area contributed by atoms with Gasteiger partial charge in [0.15, 0.2) is 0 Å². The van der Waals surface area contributed by atoms with Crippen LogP contribution in [-0.2, 0) is 0 Å². The maximum Gasteiger partial charge on any atom is 0.0151 e. The van der Waals surface area contributed by atoms with Crippen molar-refractivity contribution in [2.24, 2.45) is 5.73 Å². The van der Waals surface area contributed by atoms with Gasteiger partial charge in [-0.1, -0.05) is 32.0 Å². The molecule has 0 radical (unpaired) electrons. The normalized spacial score (nSPS) is 11.6. The molecule has 0 heterocycles. The predicted molar refractivity (Wildman–Crippen MR) is 64.7 cm³/mol. The topological polar surface area (TPSA) is 26.0 Å². The van der Waals surface area contributed by atoms with Crippen molar-refractivity contribution in [2.75, 3.05) is 6.54 Å². The first-order valence-corrected chi connectivity index (χ1v) is 5.90. The van der Waals surface area contributed by atoms with Gasteiger partial charge in [-0.05, 0) is 31.5 Å². The molecule has 1 aromatic rings. The van der Waals surface area contributed by atoms with Gasteiger partial charge in [-0.2, -0.15) is 0 Å². The van der Waals surface area contributed by atoms with Gasteiger partial charge in [-0.3, -0.25) is 0 Å². The van der Waals surface area contributed by atoms with Crippen LogP contribution < -0.4 is 5.73 Å². The highest BCUT2D eigenvalue weighted by Crippen LogP contribution is 2.35. The minimum Gasteiger partial charge on any atom is -0.330 e. The molecule has 2 heteroatoms. The van der Waals surface area contributed by atoms with Gasteiger partial charge in [0, 0.05) is 9.64 Å². The van der Waals surface area contributed by atoms with E-state index in [1.165, 1.54) is 11.3 Å². The molecule has 0 aliphatic heterocycles. The van der Waals surface area contributed by atoms with E-state index in [0.717, 1.165) is 13.0 Å². The quantitative estimate of drug-likeness (QED) is 0.753. The Bertz CT molecular complexity index is 256. The Labute approximate surface area is 91.1 Å². The van der Waals surface area contributed by atoms with Gasteiger partial charge in [0.1, 0.15) is 0 Å². The van der Waals surface area contributed by atoms with Gasteiger partial charge in [-0.25, -0.2) is 0 Å². The van der Waals surface area contributed by atoms with Gasteiger partial charge in [0.2, 0.25) is 0 Å². The van der Waals surface area contributed by atoms with Gasteiger partial charge < -0.3 is 5.73 Å². The van der Waals surface area contributed by atoms with Crippen LogP contribution in [0.1, 0.15) is 26.7 Å². The van der Waals surface area contributed by atoms with Crippen molar-refractivity contribution < 1.29 is 0 Å². The average molecular weight is 209 g/mol. The zero-order valence-corrected chi connectivity index (χ0v) is 9.81. The summed E-state index contributed by atoms with van der Waals surface area (Å²) in [6.07, 6.45) is 2.27. The highest BCUT2D eigenvalue weighted by Gasteiger charge is 2.18. The van der Waals surface area contributed by atoms with E-state index in [0.29, 0.717) is 4.75 Å². The number of benzene rings is 1. The maximum absolute atomic E-state index is 5.52. The number of hydrogen-bond acceptors (Lipinski definition) is 2. The standard InChI is InChI=1S/C12H19NS/c1-12(2,9-6-10-13)14-11-7-4-3-5-8-11/h3-5,7-8H,6,9-10,13H2,1-2H3. The summed E-state index contributed by atoms with van der Waals surface area (Å²) in [5.74, 6) is 0. The molecule has 2 N–H and O–H groups in total. The predicted octanol–water partition coefficient (Wildman–Crippen LogP) is 3.30. The highest BCUT2D eigenvalue weighted by atomic mass is 32.2. The molecule has 0 atom stereocenters. The molecule has 1 aromatic carbocycles. The van der Waals surface area contributed by atoms with Crippen LogP contribution in [-0.4, -0.2) is 11.3 Å². The first-order chi connectivity index (χ1) is 6.64. The summed E-state index contributed by atoms with van der Waals surface area (Å²) in [6.45, 7) is 5.35. The Morgan fingerprint density at radius 3 is 2.43 bits per heavy atom. The first-order valence-electron chi connectivity index (χ1n) is 5.08. The third-order valence-electron chi connectivity index (χ3n) is 2.12. The Morgan fingerprint density at radius 2 is 1.86 bits per heavy atom. The molecular formula is C12H19NS.